The third kappa shape index (κ3) is 4.39. The zero-order valence-corrected chi connectivity index (χ0v) is 13.7. The molecule has 21 heavy (non-hydrogen) atoms. The largest absolute Gasteiger partial charge is 0.315 e. The van der Waals surface area contributed by atoms with Gasteiger partial charge in [-0.2, -0.15) is 0 Å². The van der Waals surface area contributed by atoms with E-state index in [1.165, 1.54) is 78.3 Å². The number of hydrogen-bond donors (Lipinski definition) is 2. The lowest BCUT2D eigenvalue weighted by Gasteiger charge is -2.43. The van der Waals surface area contributed by atoms with Crippen LogP contribution in [0.2, 0.25) is 0 Å². The molecule has 2 N–H and O–H groups in total. The summed E-state index contributed by atoms with van der Waals surface area (Å²) in [5.74, 6) is 0.854. The maximum absolute atomic E-state index is 3.64. The van der Waals surface area contributed by atoms with Crippen LogP contribution in [0.15, 0.2) is 0 Å². The molecule has 3 heterocycles. The first-order valence-corrected chi connectivity index (χ1v) is 8.89. The van der Waals surface area contributed by atoms with E-state index in [1.807, 2.05) is 0 Å². The number of hydrogen-bond acceptors (Lipinski definition) is 5. The normalized spacial score (nSPS) is 34.7. The van der Waals surface area contributed by atoms with Gasteiger partial charge in [-0.3, -0.25) is 4.90 Å². The van der Waals surface area contributed by atoms with Crippen molar-refractivity contribution < 1.29 is 0 Å². The Morgan fingerprint density at radius 3 is 2.62 bits per heavy atom. The van der Waals surface area contributed by atoms with Gasteiger partial charge >= 0.3 is 0 Å². The first kappa shape index (κ1) is 15.7. The lowest BCUT2D eigenvalue weighted by molar-refractivity contribution is 0.0711. The number of piperazine rings is 1. The number of nitrogens with one attached hydrogen (secondary N) is 2. The fourth-order valence-electron chi connectivity index (χ4n) is 4.10. The van der Waals surface area contributed by atoms with Gasteiger partial charge in [0, 0.05) is 58.4 Å². The summed E-state index contributed by atoms with van der Waals surface area (Å²) in [6.45, 7) is 13.6. The van der Waals surface area contributed by atoms with E-state index in [0.717, 1.165) is 18.5 Å². The van der Waals surface area contributed by atoms with E-state index in [9.17, 15) is 0 Å². The van der Waals surface area contributed by atoms with Crippen molar-refractivity contribution >= 4 is 0 Å². The maximum Gasteiger partial charge on any atom is 0.0262 e. The topological polar surface area (TPSA) is 33.8 Å². The summed E-state index contributed by atoms with van der Waals surface area (Å²) in [4.78, 5) is 7.92. The van der Waals surface area contributed by atoms with Gasteiger partial charge in [0.2, 0.25) is 0 Å². The molecule has 0 spiro atoms. The van der Waals surface area contributed by atoms with Gasteiger partial charge in [-0.25, -0.2) is 0 Å². The van der Waals surface area contributed by atoms with Crippen molar-refractivity contribution in [2.75, 3.05) is 79.0 Å². The van der Waals surface area contributed by atoms with Gasteiger partial charge < -0.3 is 20.4 Å². The summed E-state index contributed by atoms with van der Waals surface area (Å²) in [5, 5.41) is 7.18. The molecule has 5 nitrogen and oxygen atoms in total. The molecule has 3 rings (SSSR count). The lowest BCUT2D eigenvalue weighted by atomic mass is 9.90. The van der Waals surface area contributed by atoms with Crippen LogP contribution in [0.3, 0.4) is 0 Å². The van der Waals surface area contributed by atoms with Gasteiger partial charge in [-0.1, -0.05) is 0 Å². The van der Waals surface area contributed by atoms with E-state index in [0.29, 0.717) is 0 Å². The van der Waals surface area contributed by atoms with Gasteiger partial charge in [0.05, 0.1) is 0 Å². The monoisotopic (exact) mass is 295 g/mol. The molecular formula is C16H33N5. The van der Waals surface area contributed by atoms with Crippen LogP contribution >= 0.6 is 0 Å². The molecule has 122 valence electrons. The molecule has 0 aromatic heterocycles. The molecule has 0 radical (unpaired) electrons. The van der Waals surface area contributed by atoms with E-state index in [-0.39, 0.29) is 0 Å². The molecule has 0 aromatic carbocycles. The molecular weight excluding hydrogens is 262 g/mol. The Hall–Kier alpha value is -0.200. The Morgan fingerprint density at radius 1 is 0.905 bits per heavy atom. The minimum atomic E-state index is 0.748. The second-order valence-corrected chi connectivity index (χ2v) is 7.06. The zero-order valence-electron chi connectivity index (χ0n) is 13.7. The molecule has 3 fully saturated rings. The fraction of sp³-hybridized carbons (Fsp3) is 1.00. The van der Waals surface area contributed by atoms with Gasteiger partial charge in [-0.15, -0.1) is 0 Å². The summed E-state index contributed by atoms with van der Waals surface area (Å²) in [7, 11) is 2.24. The summed E-state index contributed by atoms with van der Waals surface area (Å²) in [6, 6.07) is 0.748. The fourth-order valence-corrected chi connectivity index (χ4v) is 4.10. The van der Waals surface area contributed by atoms with Crippen LogP contribution in [0.1, 0.15) is 12.8 Å². The highest BCUT2D eigenvalue weighted by Gasteiger charge is 2.31. The van der Waals surface area contributed by atoms with Crippen LogP contribution in [-0.2, 0) is 0 Å². The number of nitrogens with zero attached hydrogens (tertiary/aromatic N) is 3. The van der Waals surface area contributed by atoms with Crippen LogP contribution in [0.5, 0.6) is 0 Å². The number of likely N-dealkylation sites (N-methyl/N-ethyl adjacent to an activating group) is 1. The minimum absolute atomic E-state index is 0.748. The van der Waals surface area contributed by atoms with Gasteiger partial charge in [-0.05, 0) is 45.4 Å². The van der Waals surface area contributed by atoms with Crippen molar-refractivity contribution in [2.24, 2.45) is 5.92 Å². The highest BCUT2D eigenvalue weighted by Crippen LogP contribution is 2.21. The van der Waals surface area contributed by atoms with E-state index >= 15 is 0 Å². The Kier molecular flexibility index (Phi) is 5.89. The summed E-state index contributed by atoms with van der Waals surface area (Å²) < 4.78 is 0. The van der Waals surface area contributed by atoms with Crippen molar-refractivity contribution in [1.82, 2.24) is 25.3 Å². The Bertz CT molecular complexity index is 295. The molecule has 0 bridgehead atoms. The molecule has 0 amide bonds. The van der Waals surface area contributed by atoms with E-state index in [4.69, 9.17) is 0 Å². The standard InChI is InChI=1S/C16H33N5/c1-19-9-11-20(12-10-19)14-15-3-5-18-13-16(15)21-7-2-4-17-6-8-21/h15-18H,2-14H2,1H3. The summed E-state index contributed by atoms with van der Waals surface area (Å²) >= 11 is 0. The molecule has 3 aliphatic heterocycles. The first-order chi connectivity index (χ1) is 10.3. The number of piperidine rings is 1. The van der Waals surface area contributed by atoms with Crippen molar-refractivity contribution in [2.45, 2.75) is 18.9 Å². The molecule has 3 aliphatic rings. The third-order valence-corrected chi connectivity index (χ3v) is 5.52. The average molecular weight is 295 g/mol. The zero-order chi connectivity index (χ0) is 14.5. The van der Waals surface area contributed by atoms with Crippen LogP contribution in [-0.4, -0.2) is 99.8 Å². The van der Waals surface area contributed by atoms with E-state index in [2.05, 4.69) is 32.4 Å². The summed E-state index contributed by atoms with van der Waals surface area (Å²) in [5.41, 5.74) is 0. The predicted molar refractivity (Wildman–Crippen MR) is 87.8 cm³/mol. The van der Waals surface area contributed by atoms with Crippen LogP contribution < -0.4 is 10.6 Å². The SMILES string of the molecule is CN1CCN(CC2CCNCC2N2CCCNCC2)CC1. The van der Waals surface area contributed by atoms with E-state index in [1.54, 1.807) is 0 Å². The predicted octanol–water partition coefficient (Wildman–Crippen LogP) is -0.493. The van der Waals surface area contributed by atoms with Gasteiger partial charge in [0.1, 0.15) is 0 Å². The van der Waals surface area contributed by atoms with Crippen molar-refractivity contribution in [3.63, 3.8) is 0 Å². The van der Waals surface area contributed by atoms with Gasteiger partial charge in [0.25, 0.3) is 0 Å². The van der Waals surface area contributed by atoms with Crippen molar-refractivity contribution in [3.8, 4) is 0 Å². The quantitative estimate of drug-likeness (QED) is 0.734. The van der Waals surface area contributed by atoms with Gasteiger partial charge in [0.15, 0.2) is 0 Å². The summed E-state index contributed by atoms with van der Waals surface area (Å²) in [6.07, 6.45) is 2.65. The van der Waals surface area contributed by atoms with Crippen molar-refractivity contribution in [3.05, 3.63) is 0 Å². The van der Waals surface area contributed by atoms with Crippen molar-refractivity contribution in [1.29, 1.82) is 0 Å². The molecule has 0 saturated carbocycles. The number of rotatable bonds is 3. The minimum Gasteiger partial charge on any atom is -0.315 e. The highest BCUT2D eigenvalue weighted by molar-refractivity contribution is 4.89. The Balaban J connectivity index is 1.55. The Morgan fingerprint density at radius 2 is 1.76 bits per heavy atom. The van der Waals surface area contributed by atoms with Crippen LogP contribution in [0, 0.1) is 5.92 Å². The smallest absolute Gasteiger partial charge is 0.0262 e. The molecule has 2 atom stereocenters. The third-order valence-electron chi connectivity index (χ3n) is 5.52. The second-order valence-electron chi connectivity index (χ2n) is 7.06. The van der Waals surface area contributed by atoms with E-state index < -0.39 is 0 Å². The highest BCUT2D eigenvalue weighted by atomic mass is 15.3. The van der Waals surface area contributed by atoms with Crippen LogP contribution in [0.25, 0.3) is 0 Å². The molecule has 0 aromatic rings. The lowest BCUT2D eigenvalue weighted by Crippen LogP contribution is -2.56. The second kappa shape index (κ2) is 7.88. The first-order valence-electron chi connectivity index (χ1n) is 8.89. The van der Waals surface area contributed by atoms with Crippen LogP contribution in [0.4, 0.5) is 0 Å². The molecule has 2 unspecified atom stereocenters. The maximum atomic E-state index is 3.64. The Labute approximate surface area is 130 Å². The molecule has 5 heteroatoms. The average Bonchev–Trinajstić information content (AvgIpc) is 2.79. The molecule has 0 aliphatic carbocycles. The molecule has 3 saturated heterocycles.